The second kappa shape index (κ2) is 5.78. The van der Waals surface area contributed by atoms with E-state index in [9.17, 15) is 0 Å². The van der Waals surface area contributed by atoms with Gasteiger partial charge in [-0.1, -0.05) is 12.1 Å². The van der Waals surface area contributed by atoms with Gasteiger partial charge in [-0.2, -0.15) is 0 Å². The Morgan fingerprint density at radius 1 is 0.941 bits per heavy atom. The minimum atomic E-state index is -1.56. The van der Waals surface area contributed by atoms with Crippen molar-refractivity contribution in [1.82, 2.24) is 0 Å². The van der Waals surface area contributed by atoms with E-state index in [1.54, 1.807) is 12.1 Å². The molecule has 0 atom stereocenters. The Morgan fingerprint density at radius 3 is 1.82 bits per heavy atom. The van der Waals surface area contributed by atoms with E-state index < -0.39 is 6.16 Å². The number of hydrogen-bond donors (Lipinski definition) is 0. The van der Waals surface area contributed by atoms with E-state index in [4.69, 9.17) is 42.1 Å². The Bertz CT molecular complexity index is 337. The van der Waals surface area contributed by atoms with Gasteiger partial charge in [-0.05, 0) is 12.1 Å². The number of benzene rings is 1. The molecule has 17 heavy (non-hydrogen) atoms. The van der Waals surface area contributed by atoms with Crippen molar-refractivity contribution in [2.75, 3.05) is 25.0 Å². The maximum atomic E-state index is 5.57. The van der Waals surface area contributed by atoms with Crippen molar-refractivity contribution in [1.29, 1.82) is 0 Å². The third-order valence-electron chi connectivity index (χ3n) is 2.03. The number of halogens is 2. The highest BCUT2D eigenvalue weighted by atomic mass is 35.5. The molecule has 0 aromatic heterocycles. The van der Waals surface area contributed by atoms with E-state index in [2.05, 4.69) is 0 Å². The van der Waals surface area contributed by atoms with Crippen LogP contribution in [0.15, 0.2) is 24.3 Å². The van der Waals surface area contributed by atoms with Gasteiger partial charge in [0.25, 0.3) is 0 Å². The van der Waals surface area contributed by atoms with Crippen molar-refractivity contribution >= 4 is 23.2 Å². The van der Waals surface area contributed by atoms with Crippen LogP contribution in [0.5, 0.6) is 11.5 Å². The lowest BCUT2D eigenvalue weighted by molar-refractivity contribution is -0.422. The highest BCUT2D eigenvalue weighted by Crippen LogP contribution is 2.40. The van der Waals surface area contributed by atoms with Crippen LogP contribution in [-0.2, 0) is 9.47 Å². The predicted molar refractivity (Wildman–Crippen MR) is 63.8 cm³/mol. The first-order valence-electron chi connectivity index (χ1n) is 5.16. The van der Waals surface area contributed by atoms with Gasteiger partial charge in [-0.15, -0.1) is 23.2 Å². The molecule has 0 saturated carbocycles. The highest BCUT2D eigenvalue weighted by Gasteiger charge is 2.45. The van der Waals surface area contributed by atoms with Crippen molar-refractivity contribution in [2.45, 2.75) is 6.16 Å². The van der Waals surface area contributed by atoms with E-state index in [1.165, 1.54) is 0 Å². The minimum Gasteiger partial charge on any atom is -0.403 e. The van der Waals surface area contributed by atoms with E-state index >= 15 is 0 Å². The lowest BCUT2D eigenvalue weighted by Gasteiger charge is -2.25. The molecule has 0 fully saturated rings. The van der Waals surface area contributed by atoms with Crippen molar-refractivity contribution in [2.24, 2.45) is 0 Å². The number of hydrogen-bond acceptors (Lipinski definition) is 4. The number of para-hydroxylation sites is 2. The lowest BCUT2D eigenvalue weighted by Crippen LogP contribution is -2.45. The minimum absolute atomic E-state index is 0.248. The molecular formula is C11H12Cl2O4. The summed E-state index contributed by atoms with van der Waals surface area (Å²) in [5, 5.41) is 0. The molecule has 0 aliphatic carbocycles. The standard InChI is InChI=1S/C11H12Cl2O4/c12-5-7-14-11(15-8-6-13)16-9-3-1-2-4-10(9)17-11/h1-4H,5-8H2. The van der Waals surface area contributed by atoms with Gasteiger partial charge < -0.3 is 9.47 Å². The largest absolute Gasteiger partial charge is 0.510 e. The lowest BCUT2D eigenvalue weighted by atomic mass is 10.3. The Labute approximate surface area is 109 Å². The van der Waals surface area contributed by atoms with Gasteiger partial charge in [0, 0.05) is 11.8 Å². The van der Waals surface area contributed by atoms with Gasteiger partial charge >= 0.3 is 6.16 Å². The molecule has 1 aliphatic heterocycles. The molecule has 94 valence electrons. The number of rotatable bonds is 6. The fourth-order valence-corrected chi connectivity index (χ4v) is 1.55. The van der Waals surface area contributed by atoms with Crippen LogP contribution in [0.4, 0.5) is 0 Å². The van der Waals surface area contributed by atoms with Crippen molar-refractivity contribution < 1.29 is 18.9 Å². The summed E-state index contributed by atoms with van der Waals surface area (Å²) in [6, 6.07) is 7.21. The van der Waals surface area contributed by atoms with Crippen LogP contribution < -0.4 is 9.47 Å². The Balaban J connectivity index is 2.09. The molecule has 0 saturated heterocycles. The van der Waals surface area contributed by atoms with Crippen LogP contribution in [0.1, 0.15) is 0 Å². The first-order valence-corrected chi connectivity index (χ1v) is 6.23. The molecule has 1 heterocycles. The molecule has 2 rings (SSSR count). The molecule has 0 unspecified atom stereocenters. The van der Waals surface area contributed by atoms with E-state index in [1.807, 2.05) is 12.1 Å². The zero-order chi connectivity index (χ0) is 12.1. The molecule has 4 nitrogen and oxygen atoms in total. The number of fused-ring (bicyclic) bond motifs is 1. The van der Waals surface area contributed by atoms with Crippen LogP contribution in [0.3, 0.4) is 0 Å². The zero-order valence-electron chi connectivity index (χ0n) is 9.03. The summed E-state index contributed by atoms with van der Waals surface area (Å²) >= 11 is 11.1. The maximum absolute atomic E-state index is 5.57. The topological polar surface area (TPSA) is 36.9 Å². The van der Waals surface area contributed by atoms with Crippen molar-refractivity contribution in [3.05, 3.63) is 24.3 Å². The molecule has 0 spiro atoms. The summed E-state index contributed by atoms with van der Waals surface area (Å²) in [5.41, 5.74) is 0. The second-order valence-electron chi connectivity index (χ2n) is 3.23. The summed E-state index contributed by atoms with van der Waals surface area (Å²) in [5.74, 6) is 1.76. The number of ether oxygens (including phenoxy) is 4. The third-order valence-corrected chi connectivity index (χ3v) is 2.34. The van der Waals surface area contributed by atoms with Gasteiger partial charge in [0.15, 0.2) is 11.5 Å². The van der Waals surface area contributed by atoms with Crippen LogP contribution in [0.2, 0.25) is 0 Å². The normalized spacial score (nSPS) is 16.1. The molecule has 0 N–H and O–H groups in total. The smallest absolute Gasteiger partial charge is 0.403 e. The molecule has 0 amide bonds. The second-order valence-corrected chi connectivity index (χ2v) is 3.98. The maximum Gasteiger partial charge on any atom is 0.510 e. The van der Waals surface area contributed by atoms with Crippen molar-refractivity contribution in [3.63, 3.8) is 0 Å². The Kier molecular flexibility index (Phi) is 4.34. The van der Waals surface area contributed by atoms with Crippen LogP contribution in [0.25, 0.3) is 0 Å². The van der Waals surface area contributed by atoms with E-state index in [0.717, 1.165) is 0 Å². The third kappa shape index (κ3) is 2.96. The Morgan fingerprint density at radius 2 is 1.41 bits per heavy atom. The average molecular weight is 279 g/mol. The van der Waals surface area contributed by atoms with Gasteiger partial charge in [0.05, 0.1) is 13.2 Å². The van der Waals surface area contributed by atoms with Gasteiger partial charge in [0.1, 0.15) is 0 Å². The van der Waals surface area contributed by atoms with Gasteiger partial charge in [0.2, 0.25) is 0 Å². The van der Waals surface area contributed by atoms with Crippen LogP contribution in [0, 0.1) is 0 Å². The molecular weight excluding hydrogens is 267 g/mol. The summed E-state index contributed by atoms with van der Waals surface area (Å²) in [4.78, 5) is 0. The quantitative estimate of drug-likeness (QED) is 0.592. The fourth-order valence-electron chi connectivity index (χ4n) is 1.40. The highest BCUT2D eigenvalue weighted by molar-refractivity contribution is 6.18. The van der Waals surface area contributed by atoms with Crippen LogP contribution >= 0.6 is 23.2 Å². The molecule has 0 radical (unpaired) electrons. The monoisotopic (exact) mass is 278 g/mol. The summed E-state index contributed by atoms with van der Waals surface area (Å²) in [6.45, 7) is 0.496. The molecule has 6 heteroatoms. The first-order chi connectivity index (χ1) is 8.29. The molecule has 1 aromatic carbocycles. The van der Waals surface area contributed by atoms with E-state index in [-0.39, 0.29) is 13.2 Å². The number of alkyl halides is 2. The fraction of sp³-hybridized carbons (Fsp3) is 0.455. The van der Waals surface area contributed by atoms with Gasteiger partial charge in [-0.25, -0.2) is 0 Å². The SMILES string of the molecule is ClCCOC1(OCCCl)Oc2ccccc2O1. The average Bonchev–Trinajstić information content (AvgIpc) is 2.73. The Hall–Kier alpha value is -0.680. The molecule has 0 bridgehead atoms. The zero-order valence-corrected chi connectivity index (χ0v) is 10.5. The van der Waals surface area contributed by atoms with Crippen molar-refractivity contribution in [3.8, 4) is 11.5 Å². The molecule has 1 aliphatic rings. The van der Waals surface area contributed by atoms with Gasteiger partial charge in [-0.3, -0.25) is 9.47 Å². The molecule has 1 aromatic rings. The van der Waals surface area contributed by atoms with E-state index in [0.29, 0.717) is 23.3 Å². The van der Waals surface area contributed by atoms with Crippen LogP contribution in [-0.4, -0.2) is 31.1 Å². The summed E-state index contributed by atoms with van der Waals surface area (Å²) < 4.78 is 21.8. The summed E-state index contributed by atoms with van der Waals surface area (Å²) in [7, 11) is 0. The summed E-state index contributed by atoms with van der Waals surface area (Å²) in [6.07, 6.45) is -1.56. The first kappa shape index (κ1) is 12.8. The predicted octanol–water partition coefficient (Wildman–Crippen LogP) is 2.58.